The Morgan fingerprint density at radius 2 is 1.76 bits per heavy atom. The Kier molecular flexibility index (Phi) is 5.46. The van der Waals surface area contributed by atoms with Crippen molar-refractivity contribution < 1.29 is 14.3 Å². The highest BCUT2D eigenvalue weighted by molar-refractivity contribution is 5.94. The number of hydrogen-bond donors (Lipinski definition) is 0. The molecule has 0 saturated carbocycles. The summed E-state index contributed by atoms with van der Waals surface area (Å²) < 4.78 is 7.20. The number of hydrogen-bond acceptors (Lipinski definition) is 4. The minimum atomic E-state index is -0.0270. The number of nitrogens with zero attached hydrogens (tertiary/aromatic N) is 4. The summed E-state index contributed by atoms with van der Waals surface area (Å²) in [7, 11) is 1.58. The van der Waals surface area contributed by atoms with Crippen LogP contribution in [0.15, 0.2) is 54.9 Å². The molecule has 0 radical (unpaired) electrons. The monoisotopic (exact) mass is 392 g/mol. The molecular weight excluding hydrogens is 368 g/mol. The number of carbonyl (C=O) groups is 2. The molecule has 2 heterocycles. The Labute approximate surface area is 169 Å². The molecule has 0 bridgehead atoms. The number of rotatable bonds is 5. The van der Waals surface area contributed by atoms with E-state index in [2.05, 4.69) is 4.98 Å². The van der Waals surface area contributed by atoms with Gasteiger partial charge >= 0.3 is 0 Å². The number of methoxy groups -OCH3 is 1. The van der Waals surface area contributed by atoms with Gasteiger partial charge in [-0.25, -0.2) is 4.98 Å². The van der Waals surface area contributed by atoms with Crippen molar-refractivity contribution in [3.05, 3.63) is 60.4 Å². The molecule has 2 aromatic carbocycles. The second kappa shape index (κ2) is 8.34. The number of para-hydroxylation sites is 2. The zero-order valence-electron chi connectivity index (χ0n) is 16.5. The summed E-state index contributed by atoms with van der Waals surface area (Å²) in [5.41, 5.74) is 2.58. The summed E-state index contributed by atoms with van der Waals surface area (Å²) >= 11 is 0. The number of imidazole rings is 1. The third-order valence-electron chi connectivity index (χ3n) is 5.33. The molecule has 0 spiro atoms. The third-order valence-corrected chi connectivity index (χ3v) is 5.33. The van der Waals surface area contributed by atoms with Gasteiger partial charge < -0.3 is 19.1 Å². The van der Waals surface area contributed by atoms with Crippen LogP contribution < -0.4 is 4.74 Å². The molecule has 2 amide bonds. The van der Waals surface area contributed by atoms with Gasteiger partial charge in [0.05, 0.1) is 24.5 Å². The Bertz CT molecular complexity index is 1020. The Morgan fingerprint density at radius 3 is 2.55 bits per heavy atom. The van der Waals surface area contributed by atoms with Gasteiger partial charge in [-0.3, -0.25) is 9.59 Å². The quantitative estimate of drug-likeness (QED) is 0.669. The number of benzene rings is 2. The molecule has 1 saturated heterocycles. The Hall–Kier alpha value is -3.35. The third kappa shape index (κ3) is 4.08. The van der Waals surface area contributed by atoms with Crippen molar-refractivity contribution >= 4 is 22.8 Å². The first-order valence-electron chi connectivity index (χ1n) is 9.76. The number of fused-ring (bicyclic) bond motifs is 1. The number of aromatic nitrogens is 2. The first-order valence-corrected chi connectivity index (χ1v) is 9.76. The zero-order chi connectivity index (χ0) is 20.2. The highest BCUT2D eigenvalue weighted by Gasteiger charge is 2.25. The normalized spacial score (nSPS) is 14.2. The van der Waals surface area contributed by atoms with E-state index < -0.39 is 0 Å². The standard InChI is InChI=1S/C22H24N4O3/c1-29-18-6-4-5-17(15-18)22(28)25-13-11-24(12-14-25)21(27)9-10-26-16-23-19-7-2-3-8-20(19)26/h2-8,15-16H,9-14H2,1H3. The van der Waals surface area contributed by atoms with Crippen molar-refractivity contribution in [2.45, 2.75) is 13.0 Å². The fraction of sp³-hybridized carbons (Fsp3) is 0.318. The average molecular weight is 392 g/mol. The van der Waals surface area contributed by atoms with E-state index in [9.17, 15) is 9.59 Å². The fourth-order valence-electron chi connectivity index (χ4n) is 3.66. The zero-order valence-corrected chi connectivity index (χ0v) is 16.5. The lowest BCUT2D eigenvalue weighted by Crippen LogP contribution is -2.50. The van der Waals surface area contributed by atoms with Gasteiger partial charge in [-0.2, -0.15) is 0 Å². The number of carbonyl (C=O) groups excluding carboxylic acids is 2. The van der Waals surface area contributed by atoms with Gasteiger partial charge in [0, 0.05) is 44.7 Å². The number of ether oxygens (including phenoxy) is 1. The smallest absolute Gasteiger partial charge is 0.254 e. The van der Waals surface area contributed by atoms with Crippen molar-refractivity contribution in [1.29, 1.82) is 0 Å². The molecule has 4 rings (SSSR count). The molecule has 0 atom stereocenters. The molecule has 3 aromatic rings. The van der Waals surface area contributed by atoms with E-state index >= 15 is 0 Å². The van der Waals surface area contributed by atoms with Crippen LogP contribution in [-0.2, 0) is 11.3 Å². The summed E-state index contributed by atoms with van der Waals surface area (Å²) in [4.78, 5) is 33.3. The molecular formula is C22H24N4O3. The lowest BCUT2D eigenvalue weighted by atomic mass is 10.1. The van der Waals surface area contributed by atoms with E-state index in [1.807, 2.05) is 45.9 Å². The highest BCUT2D eigenvalue weighted by atomic mass is 16.5. The highest BCUT2D eigenvalue weighted by Crippen LogP contribution is 2.16. The summed E-state index contributed by atoms with van der Waals surface area (Å²) in [6.45, 7) is 2.78. The Morgan fingerprint density at radius 1 is 1.00 bits per heavy atom. The lowest BCUT2D eigenvalue weighted by Gasteiger charge is -2.35. The second-order valence-corrected chi connectivity index (χ2v) is 7.08. The van der Waals surface area contributed by atoms with E-state index in [-0.39, 0.29) is 11.8 Å². The molecule has 7 heteroatoms. The van der Waals surface area contributed by atoms with E-state index in [1.54, 1.807) is 30.5 Å². The molecule has 1 aliphatic heterocycles. The van der Waals surface area contributed by atoms with Gasteiger partial charge in [0.2, 0.25) is 5.91 Å². The van der Waals surface area contributed by atoms with E-state index in [4.69, 9.17) is 4.74 Å². The fourth-order valence-corrected chi connectivity index (χ4v) is 3.66. The van der Waals surface area contributed by atoms with Gasteiger partial charge in [-0.1, -0.05) is 18.2 Å². The van der Waals surface area contributed by atoms with E-state index in [0.29, 0.717) is 50.5 Å². The van der Waals surface area contributed by atoms with Crippen LogP contribution in [0.2, 0.25) is 0 Å². The van der Waals surface area contributed by atoms with Crippen molar-refractivity contribution in [2.24, 2.45) is 0 Å². The molecule has 29 heavy (non-hydrogen) atoms. The largest absolute Gasteiger partial charge is 0.497 e. The summed E-state index contributed by atoms with van der Waals surface area (Å²) in [5, 5.41) is 0. The molecule has 1 fully saturated rings. The predicted molar refractivity (Wildman–Crippen MR) is 110 cm³/mol. The van der Waals surface area contributed by atoms with Crippen LogP contribution in [0.25, 0.3) is 11.0 Å². The van der Waals surface area contributed by atoms with E-state index in [1.165, 1.54) is 0 Å². The van der Waals surface area contributed by atoms with Crippen molar-refractivity contribution in [2.75, 3.05) is 33.3 Å². The molecule has 0 N–H and O–H groups in total. The van der Waals surface area contributed by atoms with Gasteiger partial charge in [0.25, 0.3) is 5.91 Å². The summed E-state index contributed by atoms with van der Waals surface area (Å²) in [6, 6.07) is 15.1. The molecule has 150 valence electrons. The van der Waals surface area contributed by atoms with Crippen molar-refractivity contribution in [1.82, 2.24) is 19.4 Å². The lowest BCUT2D eigenvalue weighted by molar-refractivity contribution is -0.132. The first kappa shape index (κ1) is 19.0. The number of piperazine rings is 1. The van der Waals surface area contributed by atoms with Crippen molar-refractivity contribution in [3.8, 4) is 5.75 Å². The molecule has 1 aromatic heterocycles. The summed E-state index contributed by atoms with van der Waals surface area (Å²) in [6.07, 6.45) is 2.20. The molecule has 7 nitrogen and oxygen atoms in total. The topological polar surface area (TPSA) is 67.7 Å². The van der Waals surface area contributed by atoms with Crippen LogP contribution in [0.4, 0.5) is 0 Å². The van der Waals surface area contributed by atoms with E-state index in [0.717, 1.165) is 11.0 Å². The molecule has 0 unspecified atom stereocenters. The SMILES string of the molecule is COc1cccc(C(=O)N2CCN(C(=O)CCn3cnc4ccccc43)CC2)c1. The van der Waals surface area contributed by atoms with Gasteiger partial charge in [-0.05, 0) is 30.3 Å². The number of amides is 2. The van der Waals surface area contributed by atoms with Crippen LogP contribution in [-0.4, -0.2) is 64.5 Å². The molecule has 1 aliphatic rings. The van der Waals surface area contributed by atoms with Gasteiger partial charge in [-0.15, -0.1) is 0 Å². The first-order chi connectivity index (χ1) is 14.2. The van der Waals surface area contributed by atoms with Gasteiger partial charge in [0.1, 0.15) is 5.75 Å². The van der Waals surface area contributed by atoms with Crippen LogP contribution in [0.5, 0.6) is 5.75 Å². The minimum Gasteiger partial charge on any atom is -0.497 e. The van der Waals surface area contributed by atoms with Crippen molar-refractivity contribution in [3.63, 3.8) is 0 Å². The maximum atomic E-state index is 12.7. The average Bonchev–Trinajstić information content (AvgIpc) is 3.20. The predicted octanol–water partition coefficient (Wildman–Crippen LogP) is 2.42. The van der Waals surface area contributed by atoms with Crippen LogP contribution in [0, 0.1) is 0 Å². The second-order valence-electron chi connectivity index (χ2n) is 7.08. The van der Waals surface area contributed by atoms with Crippen LogP contribution in [0.1, 0.15) is 16.8 Å². The summed E-state index contributed by atoms with van der Waals surface area (Å²) in [5.74, 6) is 0.744. The Balaban J connectivity index is 1.30. The number of aryl methyl sites for hydroxylation is 1. The van der Waals surface area contributed by atoms with Crippen LogP contribution in [0.3, 0.4) is 0 Å². The van der Waals surface area contributed by atoms with Gasteiger partial charge in [0.15, 0.2) is 0 Å². The maximum absolute atomic E-state index is 12.7. The molecule has 0 aliphatic carbocycles. The van der Waals surface area contributed by atoms with Crippen LogP contribution >= 0.6 is 0 Å². The maximum Gasteiger partial charge on any atom is 0.254 e. The minimum absolute atomic E-state index is 0.0270.